The molecule has 0 amide bonds. The van der Waals surface area contributed by atoms with E-state index in [0.717, 1.165) is 50.5 Å². The molecule has 0 unspecified atom stereocenters. The molecule has 25 heavy (non-hydrogen) atoms. The predicted molar refractivity (Wildman–Crippen MR) is 96.1 cm³/mol. The lowest BCUT2D eigenvalue weighted by molar-refractivity contribution is 0.199. The minimum absolute atomic E-state index is 0.0599. The average Bonchev–Trinajstić information content (AvgIpc) is 3.11. The lowest BCUT2D eigenvalue weighted by atomic mass is 9.95. The molecule has 1 saturated heterocycles. The van der Waals surface area contributed by atoms with Crippen LogP contribution in [0.4, 0.5) is 0 Å². The summed E-state index contributed by atoms with van der Waals surface area (Å²) in [4.78, 5) is 2.50. The van der Waals surface area contributed by atoms with Crippen LogP contribution in [0.5, 0.6) is 0 Å². The van der Waals surface area contributed by atoms with Crippen LogP contribution < -0.4 is 0 Å². The van der Waals surface area contributed by atoms with E-state index in [-0.39, 0.29) is 6.61 Å². The summed E-state index contributed by atoms with van der Waals surface area (Å²) in [5.74, 6) is 2.05. The minimum Gasteiger partial charge on any atom is -0.388 e. The lowest BCUT2D eigenvalue weighted by Crippen LogP contribution is -2.33. The maximum absolute atomic E-state index is 9.28. The Morgan fingerprint density at radius 2 is 1.96 bits per heavy atom. The van der Waals surface area contributed by atoms with Crippen LogP contribution in [0.1, 0.15) is 47.4 Å². The van der Waals surface area contributed by atoms with Crippen LogP contribution in [0, 0.1) is 13.8 Å². The largest absolute Gasteiger partial charge is 0.388 e. The van der Waals surface area contributed by atoms with E-state index in [4.69, 9.17) is 0 Å². The highest BCUT2D eigenvalue weighted by atomic mass is 16.3. The van der Waals surface area contributed by atoms with Crippen molar-refractivity contribution in [2.24, 2.45) is 7.05 Å². The first-order valence-electron chi connectivity index (χ1n) is 8.90. The quantitative estimate of drug-likeness (QED) is 0.808. The molecule has 1 N–H and O–H groups in total. The summed E-state index contributed by atoms with van der Waals surface area (Å²) < 4.78 is 3.97. The number of aliphatic hydroxyl groups excluding tert-OH is 1. The number of likely N-dealkylation sites (tertiary alicyclic amines) is 1. The van der Waals surface area contributed by atoms with E-state index in [0.29, 0.717) is 11.7 Å². The Morgan fingerprint density at radius 1 is 1.24 bits per heavy atom. The zero-order valence-electron chi connectivity index (χ0n) is 15.4. The van der Waals surface area contributed by atoms with E-state index in [1.807, 2.05) is 22.4 Å². The van der Waals surface area contributed by atoms with Gasteiger partial charge in [0.2, 0.25) is 0 Å². The van der Waals surface area contributed by atoms with Gasteiger partial charge in [-0.15, -0.1) is 16.8 Å². The van der Waals surface area contributed by atoms with Crippen molar-refractivity contribution >= 4 is 0 Å². The molecule has 1 aliphatic rings. The topological polar surface area (TPSA) is 72.0 Å². The van der Waals surface area contributed by atoms with Crippen molar-refractivity contribution in [3.63, 3.8) is 0 Å². The second kappa shape index (κ2) is 7.49. The molecule has 136 valence electrons. The zero-order chi connectivity index (χ0) is 18.0. The molecule has 1 fully saturated rings. The van der Waals surface area contributed by atoms with Gasteiger partial charge in [0.05, 0.1) is 12.2 Å². The number of aromatic nitrogens is 5. The summed E-state index contributed by atoms with van der Waals surface area (Å²) in [6.07, 6.45) is 4.02. The molecule has 2 aromatic heterocycles. The van der Waals surface area contributed by atoms with Crippen molar-refractivity contribution in [2.45, 2.75) is 52.3 Å². The van der Waals surface area contributed by atoms with Crippen LogP contribution in [0.3, 0.4) is 0 Å². The Bertz CT molecular complexity index is 739. The normalized spacial score (nSPS) is 16.5. The second-order valence-corrected chi connectivity index (χ2v) is 6.86. The molecule has 0 spiro atoms. The molecule has 7 heteroatoms. The molecule has 0 saturated carbocycles. The van der Waals surface area contributed by atoms with Gasteiger partial charge in [0.25, 0.3) is 0 Å². The molecule has 0 aliphatic carbocycles. The Morgan fingerprint density at radius 3 is 2.56 bits per heavy atom. The fraction of sp³-hybridized carbons (Fsp3) is 0.611. The zero-order valence-corrected chi connectivity index (χ0v) is 15.4. The van der Waals surface area contributed by atoms with Gasteiger partial charge in [0, 0.05) is 30.8 Å². The smallest absolute Gasteiger partial charge is 0.158 e. The third kappa shape index (κ3) is 3.52. The lowest BCUT2D eigenvalue weighted by Gasteiger charge is -2.31. The molecular weight excluding hydrogens is 316 g/mol. The highest BCUT2D eigenvalue weighted by molar-refractivity contribution is 5.24. The molecule has 0 bridgehead atoms. The van der Waals surface area contributed by atoms with Gasteiger partial charge in [-0.2, -0.15) is 5.10 Å². The van der Waals surface area contributed by atoms with Gasteiger partial charge in [0.1, 0.15) is 12.4 Å². The summed E-state index contributed by atoms with van der Waals surface area (Å²) in [6.45, 7) is 11.8. The van der Waals surface area contributed by atoms with Gasteiger partial charge in [-0.3, -0.25) is 9.58 Å². The number of piperidine rings is 1. The maximum atomic E-state index is 9.28. The van der Waals surface area contributed by atoms with E-state index in [2.05, 4.69) is 40.6 Å². The molecule has 1 aliphatic heterocycles. The van der Waals surface area contributed by atoms with Crippen LogP contribution in [0.2, 0.25) is 0 Å². The number of hydrogen-bond acceptors (Lipinski definition) is 5. The molecule has 0 radical (unpaired) electrons. The van der Waals surface area contributed by atoms with E-state index in [1.165, 1.54) is 11.3 Å². The molecule has 0 aromatic carbocycles. The van der Waals surface area contributed by atoms with Crippen LogP contribution in [0.25, 0.3) is 0 Å². The van der Waals surface area contributed by atoms with E-state index >= 15 is 0 Å². The van der Waals surface area contributed by atoms with Gasteiger partial charge in [-0.1, -0.05) is 6.08 Å². The monoisotopic (exact) mass is 344 g/mol. The third-order valence-electron chi connectivity index (χ3n) is 5.31. The summed E-state index contributed by atoms with van der Waals surface area (Å²) in [5, 5.41) is 22.3. The highest BCUT2D eigenvalue weighted by Gasteiger charge is 2.26. The third-order valence-corrected chi connectivity index (χ3v) is 5.31. The number of hydrogen-bond donors (Lipinski definition) is 1. The number of aryl methyl sites for hydroxylation is 1. The fourth-order valence-corrected chi connectivity index (χ4v) is 3.70. The standard InChI is InChI=1S/C18H28N6O/c1-5-8-24-14(3)16(13(2)21-24)11-23-9-6-15(7-10-23)18-20-19-17(12-25)22(18)4/h5,15,25H,1,6-12H2,2-4H3. The maximum Gasteiger partial charge on any atom is 0.158 e. The predicted octanol–water partition coefficient (Wildman–Crippen LogP) is 1.69. The van der Waals surface area contributed by atoms with Crippen molar-refractivity contribution in [3.05, 3.63) is 41.3 Å². The highest BCUT2D eigenvalue weighted by Crippen LogP contribution is 2.28. The Balaban J connectivity index is 1.63. The van der Waals surface area contributed by atoms with Crippen molar-refractivity contribution in [1.82, 2.24) is 29.4 Å². The second-order valence-electron chi connectivity index (χ2n) is 6.86. The Kier molecular flexibility index (Phi) is 5.34. The molecule has 3 rings (SSSR count). The van der Waals surface area contributed by atoms with Gasteiger partial charge < -0.3 is 9.67 Å². The van der Waals surface area contributed by atoms with Crippen LogP contribution >= 0.6 is 0 Å². The first-order chi connectivity index (χ1) is 12.0. The summed E-state index contributed by atoms with van der Waals surface area (Å²) in [5.41, 5.74) is 3.68. The van der Waals surface area contributed by atoms with Gasteiger partial charge in [-0.05, 0) is 39.8 Å². The first-order valence-corrected chi connectivity index (χ1v) is 8.90. The number of rotatable bonds is 6. The Labute approximate surface area is 149 Å². The number of nitrogens with zero attached hydrogens (tertiary/aromatic N) is 6. The molecular formula is C18H28N6O. The van der Waals surface area contributed by atoms with Crippen LogP contribution in [-0.4, -0.2) is 47.6 Å². The number of aliphatic hydroxyl groups is 1. The van der Waals surface area contributed by atoms with Crippen LogP contribution in [0.15, 0.2) is 12.7 Å². The van der Waals surface area contributed by atoms with E-state index in [9.17, 15) is 5.11 Å². The first kappa shape index (κ1) is 17.8. The van der Waals surface area contributed by atoms with Crippen molar-refractivity contribution in [2.75, 3.05) is 13.1 Å². The van der Waals surface area contributed by atoms with Gasteiger partial charge in [0.15, 0.2) is 5.82 Å². The average molecular weight is 344 g/mol. The van der Waals surface area contributed by atoms with Gasteiger partial charge >= 0.3 is 0 Å². The Hall–Kier alpha value is -1.99. The van der Waals surface area contributed by atoms with Crippen molar-refractivity contribution < 1.29 is 5.11 Å². The summed E-state index contributed by atoms with van der Waals surface area (Å²) >= 11 is 0. The van der Waals surface area contributed by atoms with E-state index < -0.39 is 0 Å². The van der Waals surface area contributed by atoms with Crippen molar-refractivity contribution in [3.8, 4) is 0 Å². The van der Waals surface area contributed by atoms with Crippen molar-refractivity contribution in [1.29, 1.82) is 0 Å². The molecule has 2 aromatic rings. The molecule has 0 atom stereocenters. The van der Waals surface area contributed by atoms with Gasteiger partial charge in [-0.25, -0.2) is 0 Å². The van der Waals surface area contributed by atoms with Crippen LogP contribution in [-0.2, 0) is 26.7 Å². The summed E-state index contributed by atoms with van der Waals surface area (Å²) in [7, 11) is 1.94. The fourth-order valence-electron chi connectivity index (χ4n) is 3.70. The molecule has 7 nitrogen and oxygen atoms in total. The number of allylic oxidation sites excluding steroid dienone is 1. The molecule has 3 heterocycles. The summed E-state index contributed by atoms with van der Waals surface area (Å²) in [6, 6.07) is 0. The minimum atomic E-state index is -0.0599. The SMILES string of the molecule is C=CCn1nc(C)c(CN2CCC(c3nnc(CO)n3C)CC2)c1C. The van der Waals surface area contributed by atoms with E-state index in [1.54, 1.807) is 0 Å².